The van der Waals surface area contributed by atoms with Crippen molar-refractivity contribution in [2.24, 2.45) is 0 Å². The Labute approximate surface area is 159 Å². The van der Waals surface area contributed by atoms with Crippen molar-refractivity contribution in [1.82, 2.24) is 9.88 Å². The minimum absolute atomic E-state index is 0.148. The molecule has 0 bridgehead atoms. The molecule has 1 unspecified atom stereocenters. The van der Waals surface area contributed by atoms with Crippen LogP contribution in [0.3, 0.4) is 0 Å². The van der Waals surface area contributed by atoms with Crippen molar-refractivity contribution in [2.45, 2.75) is 53.2 Å². The van der Waals surface area contributed by atoms with Crippen LogP contribution in [0.1, 0.15) is 41.5 Å². The Kier molecular flexibility index (Phi) is 7.99. The summed E-state index contributed by atoms with van der Waals surface area (Å²) in [5.41, 5.74) is -0.474. The lowest BCUT2D eigenvalue weighted by molar-refractivity contribution is 0.0218. The second kappa shape index (κ2) is 9.27. The zero-order chi connectivity index (χ0) is 19.2. The van der Waals surface area contributed by atoms with Crippen LogP contribution >= 0.6 is 15.9 Å². The van der Waals surface area contributed by atoms with Crippen LogP contribution < -0.4 is 9.64 Å². The lowest BCUT2D eigenvalue weighted by Crippen LogP contribution is -2.54. The first-order chi connectivity index (χ1) is 11.7. The Bertz CT molecular complexity index is 575. The highest BCUT2D eigenvalue weighted by atomic mass is 79.9. The third-order valence-corrected chi connectivity index (χ3v) is 4.19. The number of hydrogen-bond acceptors (Lipinski definition) is 5. The SMILES string of the molecule is CC.COc1cc(N2CCN(C(=O)OC(C)(C)C)CC2C)ncc1Br. The van der Waals surface area contributed by atoms with Crippen molar-refractivity contribution in [3.05, 3.63) is 16.7 Å². The molecule has 1 aliphatic rings. The van der Waals surface area contributed by atoms with Crippen molar-refractivity contribution in [3.8, 4) is 5.75 Å². The maximum absolute atomic E-state index is 12.2. The van der Waals surface area contributed by atoms with E-state index < -0.39 is 5.60 Å². The average Bonchev–Trinajstić information content (AvgIpc) is 2.56. The fraction of sp³-hybridized carbons (Fsp3) is 0.667. The number of anilines is 1. The summed E-state index contributed by atoms with van der Waals surface area (Å²) < 4.78 is 11.6. The molecule has 1 aromatic heterocycles. The molecular weight excluding hydrogens is 386 g/mol. The van der Waals surface area contributed by atoms with Gasteiger partial charge in [-0.1, -0.05) is 13.8 Å². The highest BCUT2D eigenvalue weighted by molar-refractivity contribution is 9.10. The minimum atomic E-state index is -0.474. The summed E-state index contributed by atoms with van der Waals surface area (Å²) in [5, 5.41) is 0. The minimum Gasteiger partial charge on any atom is -0.495 e. The molecule has 0 radical (unpaired) electrons. The zero-order valence-electron chi connectivity index (χ0n) is 16.3. The summed E-state index contributed by atoms with van der Waals surface area (Å²) in [4.78, 5) is 20.6. The van der Waals surface area contributed by atoms with Crippen LogP contribution in [0.5, 0.6) is 5.75 Å². The standard InChI is InChI=1S/C16H24BrN3O3.C2H6/c1-11-10-19(15(21)23-16(2,3)4)6-7-20(11)14-8-13(22-5)12(17)9-18-14;1-2/h8-9,11H,6-7,10H2,1-5H3;1-2H3. The average molecular weight is 416 g/mol. The number of ether oxygens (including phenoxy) is 2. The maximum atomic E-state index is 12.2. The molecule has 1 aromatic rings. The molecule has 1 saturated heterocycles. The van der Waals surface area contributed by atoms with Crippen molar-refractivity contribution >= 4 is 27.8 Å². The third kappa shape index (κ3) is 6.06. The zero-order valence-corrected chi connectivity index (χ0v) is 17.9. The van der Waals surface area contributed by atoms with Gasteiger partial charge in [0.05, 0.1) is 11.6 Å². The number of methoxy groups -OCH3 is 1. The Hall–Kier alpha value is -1.50. The van der Waals surface area contributed by atoms with Crippen molar-refractivity contribution < 1.29 is 14.3 Å². The number of aromatic nitrogens is 1. The second-order valence-electron chi connectivity index (χ2n) is 6.65. The van der Waals surface area contributed by atoms with Gasteiger partial charge < -0.3 is 19.3 Å². The highest BCUT2D eigenvalue weighted by Gasteiger charge is 2.30. The van der Waals surface area contributed by atoms with E-state index in [0.717, 1.165) is 16.0 Å². The van der Waals surface area contributed by atoms with Gasteiger partial charge in [0, 0.05) is 37.9 Å². The molecule has 142 valence electrons. The largest absolute Gasteiger partial charge is 0.495 e. The molecule has 1 amide bonds. The van der Waals surface area contributed by atoms with Crippen LogP contribution in [0.4, 0.5) is 10.6 Å². The molecule has 25 heavy (non-hydrogen) atoms. The molecule has 0 aliphatic carbocycles. The summed E-state index contributed by atoms with van der Waals surface area (Å²) in [6.07, 6.45) is 1.48. The quantitative estimate of drug-likeness (QED) is 0.719. The Morgan fingerprint density at radius 1 is 1.32 bits per heavy atom. The normalized spacial score (nSPS) is 17.5. The van der Waals surface area contributed by atoms with Crippen LogP contribution in [0.25, 0.3) is 0 Å². The Morgan fingerprint density at radius 3 is 2.48 bits per heavy atom. The maximum Gasteiger partial charge on any atom is 0.410 e. The predicted molar refractivity (Wildman–Crippen MR) is 104 cm³/mol. The van der Waals surface area contributed by atoms with Crippen LogP contribution in [0, 0.1) is 0 Å². The summed E-state index contributed by atoms with van der Waals surface area (Å²) in [6, 6.07) is 2.05. The van der Waals surface area contributed by atoms with Crippen LogP contribution in [-0.4, -0.2) is 54.4 Å². The number of amides is 1. The van der Waals surface area contributed by atoms with Crippen molar-refractivity contribution in [2.75, 3.05) is 31.6 Å². The van der Waals surface area contributed by atoms with E-state index in [1.54, 1.807) is 18.2 Å². The first-order valence-electron chi connectivity index (χ1n) is 8.65. The topological polar surface area (TPSA) is 54.9 Å². The van der Waals surface area contributed by atoms with Gasteiger partial charge in [-0.2, -0.15) is 0 Å². The van der Waals surface area contributed by atoms with Gasteiger partial charge in [-0.25, -0.2) is 9.78 Å². The Balaban J connectivity index is 0.00000151. The van der Waals surface area contributed by atoms with Gasteiger partial charge in [0.2, 0.25) is 0 Å². The molecule has 1 aliphatic heterocycles. The van der Waals surface area contributed by atoms with E-state index in [-0.39, 0.29) is 12.1 Å². The fourth-order valence-corrected chi connectivity index (χ4v) is 2.89. The lowest BCUT2D eigenvalue weighted by Gasteiger charge is -2.40. The Morgan fingerprint density at radius 2 is 1.96 bits per heavy atom. The molecule has 0 aromatic carbocycles. The van der Waals surface area contributed by atoms with Crippen LogP contribution in [0.2, 0.25) is 0 Å². The van der Waals surface area contributed by atoms with E-state index in [0.29, 0.717) is 19.6 Å². The van der Waals surface area contributed by atoms with E-state index in [9.17, 15) is 4.79 Å². The number of nitrogens with zero attached hydrogens (tertiary/aromatic N) is 3. The van der Waals surface area contributed by atoms with Crippen LogP contribution in [0.15, 0.2) is 16.7 Å². The molecule has 2 rings (SSSR count). The second-order valence-corrected chi connectivity index (χ2v) is 7.50. The van der Waals surface area contributed by atoms with Gasteiger partial charge in [-0.05, 0) is 43.6 Å². The van der Waals surface area contributed by atoms with Gasteiger partial charge >= 0.3 is 6.09 Å². The van der Waals surface area contributed by atoms with Crippen molar-refractivity contribution in [3.63, 3.8) is 0 Å². The number of piperazine rings is 1. The highest BCUT2D eigenvalue weighted by Crippen LogP contribution is 2.29. The van der Waals surface area contributed by atoms with Gasteiger partial charge in [-0.15, -0.1) is 0 Å². The molecular formula is C18H30BrN3O3. The van der Waals surface area contributed by atoms with Gasteiger partial charge in [0.15, 0.2) is 0 Å². The predicted octanol–water partition coefficient (Wildman–Crippen LogP) is 4.32. The number of pyridine rings is 1. The van der Waals surface area contributed by atoms with E-state index in [1.807, 2.05) is 40.7 Å². The first-order valence-corrected chi connectivity index (χ1v) is 9.44. The van der Waals surface area contributed by atoms with E-state index in [2.05, 4.69) is 32.7 Å². The molecule has 1 atom stereocenters. The third-order valence-electron chi connectivity index (χ3n) is 3.60. The number of halogens is 1. The molecule has 0 spiro atoms. The number of rotatable bonds is 2. The number of hydrogen-bond donors (Lipinski definition) is 0. The molecule has 1 fully saturated rings. The summed E-state index contributed by atoms with van der Waals surface area (Å²) in [7, 11) is 1.63. The summed E-state index contributed by atoms with van der Waals surface area (Å²) in [6.45, 7) is 13.6. The lowest BCUT2D eigenvalue weighted by atomic mass is 10.2. The van der Waals surface area contributed by atoms with E-state index in [1.165, 1.54) is 0 Å². The molecule has 7 heteroatoms. The number of carbonyl (C=O) groups excluding carboxylic acids is 1. The van der Waals surface area contributed by atoms with Gasteiger partial charge in [-0.3, -0.25) is 0 Å². The summed E-state index contributed by atoms with van der Waals surface area (Å²) >= 11 is 3.41. The summed E-state index contributed by atoms with van der Waals surface area (Å²) in [5.74, 6) is 1.60. The number of carbonyl (C=O) groups is 1. The molecule has 2 heterocycles. The smallest absolute Gasteiger partial charge is 0.410 e. The van der Waals surface area contributed by atoms with Crippen LogP contribution in [-0.2, 0) is 4.74 Å². The van der Waals surface area contributed by atoms with E-state index >= 15 is 0 Å². The molecule has 6 nitrogen and oxygen atoms in total. The molecule has 0 N–H and O–H groups in total. The molecule has 0 saturated carbocycles. The van der Waals surface area contributed by atoms with Crippen molar-refractivity contribution in [1.29, 1.82) is 0 Å². The van der Waals surface area contributed by atoms with Gasteiger partial charge in [0.1, 0.15) is 17.2 Å². The fourth-order valence-electron chi connectivity index (χ4n) is 2.51. The van der Waals surface area contributed by atoms with Gasteiger partial charge in [0.25, 0.3) is 0 Å². The van der Waals surface area contributed by atoms with E-state index in [4.69, 9.17) is 9.47 Å². The first kappa shape index (κ1) is 21.5. The monoisotopic (exact) mass is 415 g/mol.